The van der Waals surface area contributed by atoms with E-state index >= 15 is 0 Å². The summed E-state index contributed by atoms with van der Waals surface area (Å²) in [5, 5.41) is 2.68. The number of nitrogens with one attached hydrogen (secondary N) is 1. The summed E-state index contributed by atoms with van der Waals surface area (Å²) in [5.41, 5.74) is 3.15. The van der Waals surface area contributed by atoms with E-state index in [0.717, 1.165) is 11.1 Å². The monoisotopic (exact) mass is 338 g/mol. The number of nitrogens with zero attached hydrogens (tertiary/aromatic N) is 1. The van der Waals surface area contributed by atoms with E-state index in [4.69, 9.17) is 0 Å². The van der Waals surface area contributed by atoms with Crippen LogP contribution in [-0.2, 0) is 22.6 Å². The highest BCUT2D eigenvalue weighted by molar-refractivity contribution is 5.88. The molecule has 0 fully saturated rings. The largest absolute Gasteiger partial charge is 0.357 e. The van der Waals surface area contributed by atoms with Crippen molar-refractivity contribution in [3.63, 3.8) is 0 Å². The first-order valence-electron chi connectivity index (χ1n) is 8.65. The maximum Gasteiger partial charge on any atom is 0.242 e. The molecule has 0 aliphatic carbocycles. The Bertz CT molecular complexity index is 696. The van der Waals surface area contributed by atoms with E-state index < -0.39 is 6.04 Å². The van der Waals surface area contributed by atoms with E-state index in [1.165, 1.54) is 5.56 Å². The van der Waals surface area contributed by atoms with Gasteiger partial charge in [-0.25, -0.2) is 0 Å². The topological polar surface area (TPSA) is 49.4 Å². The first-order chi connectivity index (χ1) is 12.0. The molecule has 0 aliphatic heterocycles. The lowest BCUT2D eigenvalue weighted by molar-refractivity contribution is -0.140. The van der Waals surface area contributed by atoms with Gasteiger partial charge in [-0.15, -0.1) is 0 Å². The molecule has 25 heavy (non-hydrogen) atoms. The molecule has 1 unspecified atom stereocenters. The summed E-state index contributed by atoms with van der Waals surface area (Å²) in [6.45, 7) is 4.39. The van der Waals surface area contributed by atoms with Crippen molar-refractivity contribution in [1.29, 1.82) is 0 Å². The third kappa shape index (κ3) is 5.18. The Morgan fingerprint density at radius 1 is 1.00 bits per heavy atom. The molecule has 0 aliphatic rings. The molecular formula is C21H26N2O2. The van der Waals surface area contributed by atoms with Gasteiger partial charge in [-0.1, -0.05) is 67.1 Å². The Morgan fingerprint density at radius 2 is 1.64 bits per heavy atom. The highest BCUT2D eigenvalue weighted by atomic mass is 16.2. The van der Waals surface area contributed by atoms with Crippen molar-refractivity contribution < 1.29 is 9.59 Å². The second-order valence-electron chi connectivity index (χ2n) is 6.21. The number of carbonyl (C=O) groups is 2. The van der Waals surface area contributed by atoms with E-state index in [-0.39, 0.29) is 11.8 Å². The van der Waals surface area contributed by atoms with Gasteiger partial charge in [0.1, 0.15) is 6.04 Å². The van der Waals surface area contributed by atoms with Gasteiger partial charge in [-0.3, -0.25) is 9.59 Å². The number of carbonyl (C=O) groups excluding carboxylic acids is 2. The highest BCUT2D eigenvalue weighted by Gasteiger charge is 2.27. The number of rotatable bonds is 7. The van der Waals surface area contributed by atoms with Crippen molar-refractivity contribution >= 4 is 11.8 Å². The van der Waals surface area contributed by atoms with E-state index in [0.29, 0.717) is 19.4 Å². The Hall–Kier alpha value is -2.62. The number of likely N-dealkylation sites (N-methyl/N-ethyl adjacent to an activating group) is 1. The zero-order valence-electron chi connectivity index (χ0n) is 15.2. The van der Waals surface area contributed by atoms with Crippen LogP contribution >= 0.6 is 0 Å². The predicted octanol–water partition coefficient (Wildman–Crippen LogP) is 3.09. The average Bonchev–Trinajstić information content (AvgIpc) is 2.63. The minimum atomic E-state index is -0.470. The van der Waals surface area contributed by atoms with Gasteiger partial charge in [0.25, 0.3) is 0 Å². The van der Waals surface area contributed by atoms with Crippen molar-refractivity contribution in [1.82, 2.24) is 10.2 Å². The Morgan fingerprint density at radius 3 is 2.20 bits per heavy atom. The van der Waals surface area contributed by atoms with Crippen molar-refractivity contribution in [2.75, 3.05) is 7.05 Å². The summed E-state index contributed by atoms with van der Waals surface area (Å²) in [7, 11) is 1.61. The minimum absolute atomic E-state index is 0.0396. The molecule has 4 nitrogen and oxygen atoms in total. The van der Waals surface area contributed by atoms with Crippen LogP contribution in [0, 0.1) is 6.92 Å². The van der Waals surface area contributed by atoms with Gasteiger partial charge >= 0.3 is 0 Å². The molecule has 0 spiro atoms. The number of benzene rings is 2. The summed E-state index contributed by atoms with van der Waals surface area (Å²) in [6, 6.07) is 17.2. The quantitative estimate of drug-likeness (QED) is 0.843. The van der Waals surface area contributed by atoms with Gasteiger partial charge in [-0.05, 0) is 24.5 Å². The van der Waals surface area contributed by atoms with Gasteiger partial charge in [0, 0.05) is 13.6 Å². The molecule has 0 saturated carbocycles. The molecule has 0 bridgehead atoms. The third-order valence-corrected chi connectivity index (χ3v) is 4.30. The zero-order chi connectivity index (χ0) is 18.2. The van der Waals surface area contributed by atoms with Crippen LogP contribution in [-0.4, -0.2) is 29.8 Å². The first kappa shape index (κ1) is 18.7. The molecule has 4 heteroatoms. The van der Waals surface area contributed by atoms with Crippen molar-refractivity contribution in [2.45, 2.75) is 39.3 Å². The van der Waals surface area contributed by atoms with Crippen LogP contribution in [0.2, 0.25) is 0 Å². The van der Waals surface area contributed by atoms with E-state index in [1.807, 2.05) is 68.4 Å². The number of amides is 2. The molecule has 0 saturated heterocycles. The average molecular weight is 338 g/mol. The van der Waals surface area contributed by atoms with Crippen LogP contribution in [0.5, 0.6) is 0 Å². The second-order valence-corrected chi connectivity index (χ2v) is 6.21. The lowest BCUT2D eigenvalue weighted by Crippen LogP contribution is -2.48. The molecule has 2 rings (SSSR count). The first-order valence-corrected chi connectivity index (χ1v) is 8.65. The zero-order valence-corrected chi connectivity index (χ0v) is 15.2. The van der Waals surface area contributed by atoms with Crippen LogP contribution in [0.4, 0.5) is 0 Å². The minimum Gasteiger partial charge on any atom is -0.357 e. The smallest absolute Gasteiger partial charge is 0.242 e. The summed E-state index contributed by atoms with van der Waals surface area (Å²) in [4.78, 5) is 26.9. The van der Waals surface area contributed by atoms with Crippen LogP contribution in [0.1, 0.15) is 30.0 Å². The lowest BCUT2D eigenvalue weighted by atomic mass is 10.1. The molecule has 2 amide bonds. The standard InChI is InChI=1S/C21H26N2O2/c1-4-19(21(25)22-3)23(15-18-12-10-16(2)11-13-18)20(24)14-17-8-6-5-7-9-17/h5-13,19H,4,14-15H2,1-3H3,(H,22,25). The normalized spacial score (nSPS) is 11.6. The fourth-order valence-electron chi connectivity index (χ4n) is 2.85. The Balaban J connectivity index is 2.25. The predicted molar refractivity (Wildman–Crippen MR) is 100 cm³/mol. The molecular weight excluding hydrogens is 312 g/mol. The lowest BCUT2D eigenvalue weighted by Gasteiger charge is -2.30. The molecule has 0 radical (unpaired) electrons. The van der Waals surface area contributed by atoms with Crippen LogP contribution in [0.15, 0.2) is 54.6 Å². The maximum atomic E-state index is 13.0. The molecule has 0 aromatic heterocycles. The van der Waals surface area contributed by atoms with E-state index in [2.05, 4.69) is 5.32 Å². The molecule has 0 heterocycles. The third-order valence-electron chi connectivity index (χ3n) is 4.30. The van der Waals surface area contributed by atoms with Gasteiger partial charge < -0.3 is 10.2 Å². The molecule has 1 atom stereocenters. The fraction of sp³-hybridized carbons (Fsp3) is 0.333. The van der Waals surface area contributed by atoms with Crippen molar-refractivity contribution in [3.8, 4) is 0 Å². The highest BCUT2D eigenvalue weighted by Crippen LogP contribution is 2.15. The van der Waals surface area contributed by atoms with E-state index in [1.54, 1.807) is 11.9 Å². The SMILES string of the molecule is CCC(C(=O)NC)N(Cc1ccc(C)cc1)C(=O)Cc1ccccc1. The van der Waals surface area contributed by atoms with Crippen molar-refractivity contribution in [3.05, 3.63) is 71.3 Å². The molecule has 2 aromatic carbocycles. The summed E-state index contributed by atoms with van der Waals surface area (Å²) in [6.07, 6.45) is 0.867. The summed E-state index contributed by atoms with van der Waals surface area (Å²) in [5.74, 6) is -0.168. The van der Waals surface area contributed by atoms with Gasteiger partial charge in [0.05, 0.1) is 6.42 Å². The second kappa shape index (κ2) is 9.02. The van der Waals surface area contributed by atoms with Gasteiger partial charge in [0.15, 0.2) is 0 Å². The molecule has 2 aromatic rings. The molecule has 132 valence electrons. The van der Waals surface area contributed by atoms with Crippen molar-refractivity contribution in [2.24, 2.45) is 0 Å². The van der Waals surface area contributed by atoms with Gasteiger partial charge in [-0.2, -0.15) is 0 Å². The molecule has 1 N–H and O–H groups in total. The Labute approximate surface area is 149 Å². The summed E-state index contributed by atoms with van der Waals surface area (Å²) >= 11 is 0. The van der Waals surface area contributed by atoms with Crippen LogP contribution < -0.4 is 5.32 Å². The fourth-order valence-corrected chi connectivity index (χ4v) is 2.85. The van der Waals surface area contributed by atoms with Crippen LogP contribution in [0.25, 0.3) is 0 Å². The maximum absolute atomic E-state index is 13.0. The van der Waals surface area contributed by atoms with Gasteiger partial charge in [0.2, 0.25) is 11.8 Å². The Kier molecular flexibility index (Phi) is 6.75. The van der Waals surface area contributed by atoms with Crippen LogP contribution in [0.3, 0.4) is 0 Å². The summed E-state index contributed by atoms with van der Waals surface area (Å²) < 4.78 is 0. The van der Waals surface area contributed by atoms with E-state index in [9.17, 15) is 9.59 Å². The number of hydrogen-bond acceptors (Lipinski definition) is 2. The number of aryl methyl sites for hydroxylation is 1. The number of hydrogen-bond donors (Lipinski definition) is 1.